The molecule has 7 atom stereocenters. The molecule has 36 heavy (non-hydrogen) atoms. The van der Waals surface area contributed by atoms with Crippen LogP contribution in [0.4, 0.5) is 0 Å². The van der Waals surface area contributed by atoms with Crippen LogP contribution in [0.15, 0.2) is 77.9 Å². The number of hydrogen-bond donors (Lipinski definition) is 3. The summed E-state index contributed by atoms with van der Waals surface area (Å²) in [6.45, 7) is 8.92. The van der Waals surface area contributed by atoms with E-state index in [0.717, 1.165) is 30.4 Å². The zero-order valence-corrected chi connectivity index (χ0v) is 22.1. The normalized spacial score (nSPS) is 37.9. The molecule has 4 saturated carbocycles. The van der Waals surface area contributed by atoms with E-state index in [0.29, 0.717) is 30.6 Å². The van der Waals surface area contributed by atoms with Gasteiger partial charge in [0, 0.05) is 11.8 Å². The highest BCUT2D eigenvalue weighted by Gasteiger charge is 2.51. The summed E-state index contributed by atoms with van der Waals surface area (Å²) < 4.78 is 0. The maximum atomic E-state index is 11.1. The molecule has 0 spiro atoms. The van der Waals surface area contributed by atoms with Gasteiger partial charge in [-0.3, -0.25) is 0 Å². The lowest BCUT2D eigenvalue weighted by atomic mass is 9.61. The smallest absolute Gasteiger partial charge is 0.0817 e. The van der Waals surface area contributed by atoms with E-state index in [1.807, 2.05) is 6.07 Å². The lowest BCUT2D eigenvalue weighted by Crippen LogP contribution is -2.35. The Labute approximate surface area is 217 Å². The van der Waals surface area contributed by atoms with Crippen LogP contribution < -0.4 is 0 Å². The van der Waals surface area contributed by atoms with Crippen molar-refractivity contribution in [3.63, 3.8) is 0 Å². The van der Waals surface area contributed by atoms with Gasteiger partial charge in [0.1, 0.15) is 0 Å². The molecule has 0 amide bonds. The number of aliphatic hydroxyl groups is 3. The third-order valence-corrected chi connectivity index (χ3v) is 10.2. The van der Waals surface area contributed by atoms with E-state index >= 15 is 0 Å². The molecule has 5 rings (SSSR count). The molecule has 0 aliphatic heterocycles. The van der Waals surface area contributed by atoms with E-state index in [1.165, 1.54) is 36.8 Å². The molecule has 4 aliphatic carbocycles. The van der Waals surface area contributed by atoms with Gasteiger partial charge in [-0.2, -0.15) is 0 Å². The monoisotopic (exact) mass is 488 g/mol. The van der Waals surface area contributed by atoms with Crippen molar-refractivity contribution in [3.8, 4) is 0 Å². The van der Waals surface area contributed by atoms with Gasteiger partial charge in [-0.25, -0.2) is 0 Å². The Morgan fingerprint density at radius 2 is 1.78 bits per heavy atom. The third-order valence-electron chi connectivity index (χ3n) is 10.2. The maximum Gasteiger partial charge on any atom is 0.0817 e. The van der Waals surface area contributed by atoms with E-state index in [1.54, 1.807) is 0 Å². The van der Waals surface area contributed by atoms with Crippen molar-refractivity contribution in [2.24, 2.45) is 23.2 Å². The van der Waals surface area contributed by atoms with E-state index in [-0.39, 0.29) is 10.8 Å². The van der Waals surface area contributed by atoms with Gasteiger partial charge in [0.2, 0.25) is 0 Å². The minimum absolute atomic E-state index is 0.0852. The van der Waals surface area contributed by atoms with Crippen LogP contribution in [0.5, 0.6) is 0 Å². The van der Waals surface area contributed by atoms with Crippen LogP contribution in [0.1, 0.15) is 77.2 Å². The minimum Gasteiger partial charge on any atom is -0.393 e. The molecule has 0 aromatic heterocycles. The van der Waals surface area contributed by atoms with Crippen molar-refractivity contribution in [1.29, 1.82) is 0 Å². The molecular weight excluding hydrogens is 444 g/mol. The molecule has 0 heterocycles. The minimum atomic E-state index is -0.634. The Balaban J connectivity index is 1.29. The molecule has 0 bridgehead atoms. The maximum absolute atomic E-state index is 11.1. The van der Waals surface area contributed by atoms with Gasteiger partial charge in [-0.15, -0.1) is 0 Å². The Bertz CT molecular complexity index is 1050. The van der Waals surface area contributed by atoms with Gasteiger partial charge < -0.3 is 15.3 Å². The van der Waals surface area contributed by atoms with Gasteiger partial charge >= 0.3 is 0 Å². The summed E-state index contributed by atoms with van der Waals surface area (Å²) in [6.07, 6.45) is 16.4. The molecular formula is C33H44O3. The fourth-order valence-corrected chi connectivity index (χ4v) is 7.87. The van der Waals surface area contributed by atoms with Gasteiger partial charge in [0.05, 0.1) is 18.3 Å². The van der Waals surface area contributed by atoms with E-state index in [9.17, 15) is 15.3 Å². The van der Waals surface area contributed by atoms with Crippen LogP contribution >= 0.6 is 0 Å². The van der Waals surface area contributed by atoms with Crippen LogP contribution in [0.25, 0.3) is 0 Å². The molecule has 4 aliphatic rings. The first-order valence-electron chi connectivity index (χ1n) is 14.1. The molecule has 1 aromatic rings. The average molecular weight is 489 g/mol. The third kappa shape index (κ3) is 4.71. The first-order chi connectivity index (χ1) is 17.2. The van der Waals surface area contributed by atoms with Crippen LogP contribution in [0, 0.1) is 23.2 Å². The Kier molecular flexibility index (Phi) is 7.20. The zero-order valence-electron chi connectivity index (χ0n) is 22.1. The first kappa shape index (κ1) is 25.7. The summed E-state index contributed by atoms with van der Waals surface area (Å²) in [5, 5.41) is 31.4. The van der Waals surface area contributed by atoms with Crippen LogP contribution in [0.2, 0.25) is 0 Å². The van der Waals surface area contributed by atoms with Gasteiger partial charge in [-0.05, 0) is 91.2 Å². The van der Waals surface area contributed by atoms with Crippen molar-refractivity contribution in [2.75, 3.05) is 0 Å². The fraction of sp³-hybridized carbons (Fsp3) is 0.576. The predicted molar refractivity (Wildman–Crippen MR) is 146 cm³/mol. The first-order valence-corrected chi connectivity index (χ1v) is 14.1. The largest absolute Gasteiger partial charge is 0.393 e. The SMILES string of the molecule is C=C1C(=CC=C2CCC[C@]3(C)[C@@H]([C@H](C)C=C[C@H](O)C4(c5ccccc5)CC4)CC[C@@H]23)C[C@@H](O)C[C@@H]1O. The van der Waals surface area contributed by atoms with Crippen molar-refractivity contribution in [3.05, 3.63) is 83.5 Å². The number of allylic oxidation sites excluding steroid dienone is 4. The Morgan fingerprint density at radius 3 is 2.50 bits per heavy atom. The molecule has 1 aromatic carbocycles. The summed E-state index contributed by atoms with van der Waals surface area (Å²) in [4.78, 5) is 0. The molecule has 3 heteroatoms. The lowest BCUT2D eigenvalue weighted by Gasteiger charge is -2.44. The standard InChI is InChI=1S/C33H44O3/c1-22(11-16-31(36)33(18-19-33)26-9-5-4-6-10-26)28-14-15-29-24(8-7-17-32(28,29)3)12-13-25-20-27(34)21-30(35)23(25)2/h4-6,9-13,16,22,27-31,34-36H,2,7-8,14-15,17-21H2,1,3H3/t22-,27-,28-,29+,30+,31+,32-/m1/s1. The average Bonchev–Trinajstić information content (AvgIpc) is 3.60. The van der Waals surface area contributed by atoms with E-state index in [2.05, 4.69) is 69.0 Å². The van der Waals surface area contributed by atoms with Crippen molar-refractivity contribution in [2.45, 2.75) is 95.4 Å². The summed E-state index contributed by atoms with van der Waals surface area (Å²) in [5.41, 5.74) is 4.74. The van der Waals surface area contributed by atoms with E-state index < -0.39 is 18.3 Å². The second-order valence-electron chi connectivity index (χ2n) is 12.4. The van der Waals surface area contributed by atoms with Crippen molar-refractivity contribution >= 4 is 0 Å². The van der Waals surface area contributed by atoms with Crippen molar-refractivity contribution in [1.82, 2.24) is 0 Å². The summed E-state index contributed by atoms with van der Waals surface area (Å²) in [6, 6.07) is 10.5. The molecule has 0 unspecified atom stereocenters. The zero-order chi connectivity index (χ0) is 25.5. The summed E-state index contributed by atoms with van der Waals surface area (Å²) in [5.74, 6) is 1.63. The van der Waals surface area contributed by atoms with Gasteiger partial charge in [-0.1, -0.05) is 80.6 Å². The topological polar surface area (TPSA) is 60.7 Å². The molecule has 3 N–H and O–H groups in total. The van der Waals surface area contributed by atoms with Gasteiger partial charge in [0.15, 0.2) is 0 Å². The fourth-order valence-electron chi connectivity index (χ4n) is 7.87. The molecule has 0 radical (unpaired) electrons. The summed E-state index contributed by atoms with van der Waals surface area (Å²) >= 11 is 0. The number of fused-ring (bicyclic) bond motifs is 1. The van der Waals surface area contributed by atoms with Crippen LogP contribution in [0.3, 0.4) is 0 Å². The van der Waals surface area contributed by atoms with E-state index in [4.69, 9.17) is 0 Å². The Hall–Kier alpha value is -1.94. The quantitative estimate of drug-likeness (QED) is 0.405. The second-order valence-corrected chi connectivity index (χ2v) is 12.4. The highest BCUT2D eigenvalue weighted by atomic mass is 16.3. The van der Waals surface area contributed by atoms with Crippen molar-refractivity contribution < 1.29 is 15.3 Å². The van der Waals surface area contributed by atoms with Crippen LogP contribution in [-0.2, 0) is 5.41 Å². The molecule has 0 saturated heterocycles. The van der Waals surface area contributed by atoms with Gasteiger partial charge in [0.25, 0.3) is 0 Å². The second kappa shape index (κ2) is 10.1. The number of hydrogen-bond acceptors (Lipinski definition) is 3. The Morgan fingerprint density at radius 1 is 1.03 bits per heavy atom. The summed E-state index contributed by atoms with van der Waals surface area (Å²) in [7, 11) is 0. The van der Waals surface area contributed by atoms with Crippen LogP contribution in [-0.4, -0.2) is 33.6 Å². The number of rotatable bonds is 6. The highest BCUT2D eigenvalue weighted by Crippen LogP contribution is 2.60. The number of benzene rings is 1. The number of aliphatic hydroxyl groups excluding tert-OH is 3. The lowest BCUT2D eigenvalue weighted by molar-refractivity contribution is 0.0862. The predicted octanol–water partition coefficient (Wildman–Crippen LogP) is 6.41. The molecule has 4 fully saturated rings. The molecule has 194 valence electrons. The highest BCUT2D eigenvalue weighted by molar-refractivity contribution is 5.39. The molecule has 3 nitrogen and oxygen atoms in total.